The maximum Gasteiger partial charge on any atom is 0.287 e. The largest absolute Gasteiger partial charge is 0.497 e. The highest BCUT2D eigenvalue weighted by molar-refractivity contribution is 6.07. The minimum atomic E-state index is -0.341. The number of furan rings is 1. The van der Waals surface area contributed by atoms with Crippen molar-refractivity contribution < 1.29 is 28.2 Å². The van der Waals surface area contributed by atoms with E-state index in [0.29, 0.717) is 59.2 Å². The number of nitrogens with zero attached hydrogens (tertiary/aromatic N) is 1. The van der Waals surface area contributed by atoms with Gasteiger partial charge in [-0.15, -0.1) is 0 Å². The van der Waals surface area contributed by atoms with Gasteiger partial charge in [0.2, 0.25) is 6.79 Å². The highest BCUT2D eigenvalue weighted by Gasteiger charge is 2.28. The van der Waals surface area contributed by atoms with Gasteiger partial charge in [-0.1, -0.05) is 12.1 Å². The molecule has 0 unspecified atom stereocenters. The van der Waals surface area contributed by atoms with E-state index in [1.807, 2.05) is 25.1 Å². The van der Waals surface area contributed by atoms with Crippen LogP contribution in [0.25, 0.3) is 0 Å². The van der Waals surface area contributed by atoms with E-state index >= 15 is 0 Å². The van der Waals surface area contributed by atoms with Crippen molar-refractivity contribution in [2.45, 2.75) is 32.7 Å². The highest BCUT2D eigenvalue weighted by atomic mass is 16.7. The molecule has 2 heterocycles. The Labute approximate surface area is 202 Å². The van der Waals surface area contributed by atoms with Crippen LogP contribution in [-0.4, -0.2) is 31.4 Å². The van der Waals surface area contributed by atoms with E-state index in [1.54, 1.807) is 31.4 Å². The number of hydrazone groups is 1. The molecule has 3 aromatic rings. The number of amides is 2. The van der Waals surface area contributed by atoms with Gasteiger partial charge in [0.25, 0.3) is 11.8 Å². The summed E-state index contributed by atoms with van der Waals surface area (Å²) >= 11 is 0. The first-order valence-electron chi connectivity index (χ1n) is 11.3. The van der Waals surface area contributed by atoms with Gasteiger partial charge in [-0.05, 0) is 55.7 Å². The summed E-state index contributed by atoms with van der Waals surface area (Å²) in [7, 11) is 1.55. The van der Waals surface area contributed by atoms with Crippen LogP contribution in [0.5, 0.6) is 17.2 Å². The van der Waals surface area contributed by atoms with Gasteiger partial charge in [-0.25, -0.2) is 5.43 Å². The minimum absolute atomic E-state index is 0.201. The molecule has 2 N–H and O–H groups in total. The summed E-state index contributed by atoms with van der Waals surface area (Å²) in [6, 6.07) is 12.4. The molecule has 35 heavy (non-hydrogen) atoms. The van der Waals surface area contributed by atoms with Gasteiger partial charge in [0.05, 0.1) is 12.8 Å². The van der Waals surface area contributed by atoms with Gasteiger partial charge < -0.3 is 23.9 Å². The van der Waals surface area contributed by atoms with Crippen molar-refractivity contribution in [2.75, 3.05) is 13.9 Å². The molecule has 1 aliphatic heterocycles. The molecule has 1 aromatic heterocycles. The van der Waals surface area contributed by atoms with Crippen molar-refractivity contribution >= 4 is 17.5 Å². The number of hydrogen-bond donors (Lipinski definition) is 2. The lowest BCUT2D eigenvalue weighted by molar-refractivity contribution is 0.0919. The van der Waals surface area contributed by atoms with Gasteiger partial charge in [-0.3, -0.25) is 9.59 Å². The first-order valence-corrected chi connectivity index (χ1v) is 11.3. The first kappa shape index (κ1) is 22.5. The summed E-state index contributed by atoms with van der Waals surface area (Å²) in [5.41, 5.74) is 6.14. The average molecular weight is 476 g/mol. The van der Waals surface area contributed by atoms with Crippen molar-refractivity contribution in [1.29, 1.82) is 0 Å². The highest BCUT2D eigenvalue weighted by Crippen LogP contribution is 2.33. The Morgan fingerprint density at radius 3 is 2.77 bits per heavy atom. The van der Waals surface area contributed by atoms with Crippen LogP contribution in [0.1, 0.15) is 56.2 Å². The van der Waals surface area contributed by atoms with E-state index in [0.717, 1.165) is 17.5 Å². The van der Waals surface area contributed by atoms with Crippen molar-refractivity contribution in [3.05, 3.63) is 76.2 Å². The second kappa shape index (κ2) is 9.54. The molecule has 2 amide bonds. The lowest BCUT2D eigenvalue weighted by Crippen LogP contribution is -2.23. The molecule has 9 nitrogen and oxygen atoms in total. The maximum absolute atomic E-state index is 12.9. The predicted octanol–water partition coefficient (Wildman–Crippen LogP) is 3.73. The molecule has 1 aliphatic carbocycles. The minimum Gasteiger partial charge on any atom is -0.497 e. The average Bonchev–Trinajstić information content (AvgIpc) is 3.50. The van der Waals surface area contributed by atoms with Crippen LogP contribution >= 0.6 is 0 Å². The molecule has 2 aliphatic rings. The topological polar surface area (TPSA) is 111 Å². The van der Waals surface area contributed by atoms with Crippen molar-refractivity contribution in [1.82, 2.24) is 10.7 Å². The third kappa shape index (κ3) is 4.57. The Morgan fingerprint density at radius 2 is 1.91 bits per heavy atom. The molecule has 0 atom stereocenters. The summed E-state index contributed by atoms with van der Waals surface area (Å²) in [5.74, 6) is 2.26. The number of carbonyl (C=O) groups excluding carboxylic acids is 2. The van der Waals surface area contributed by atoms with Gasteiger partial charge in [0.1, 0.15) is 11.5 Å². The van der Waals surface area contributed by atoms with Crippen molar-refractivity contribution in [2.24, 2.45) is 5.10 Å². The smallest absolute Gasteiger partial charge is 0.287 e. The van der Waals surface area contributed by atoms with Gasteiger partial charge in [0, 0.05) is 29.7 Å². The van der Waals surface area contributed by atoms with E-state index in [2.05, 4.69) is 15.8 Å². The molecule has 180 valence electrons. The van der Waals surface area contributed by atoms with Crippen molar-refractivity contribution in [3.8, 4) is 17.2 Å². The van der Waals surface area contributed by atoms with E-state index in [4.69, 9.17) is 18.6 Å². The summed E-state index contributed by atoms with van der Waals surface area (Å²) in [4.78, 5) is 25.5. The van der Waals surface area contributed by atoms with Crippen LogP contribution < -0.4 is 25.0 Å². The molecule has 9 heteroatoms. The van der Waals surface area contributed by atoms with E-state index < -0.39 is 0 Å². The van der Waals surface area contributed by atoms with Gasteiger partial charge in [0.15, 0.2) is 17.3 Å². The third-order valence-corrected chi connectivity index (χ3v) is 6.05. The molecule has 5 rings (SSSR count). The van der Waals surface area contributed by atoms with Crippen LogP contribution in [-0.2, 0) is 13.0 Å². The SMILES string of the molecule is COc1cccc(C(=O)N/N=C2\CCCc3oc(C(=O)NCc4ccc5c(c4)OCO5)c(C)c32)c1. The van der Waals surface area contributed by atoms with Gasteiger partial charge >= 0.3 is 0 Å². The number of fused-ring (bicyclic) bond motifs is 2. The number of methoxy groups -OCH3 is 1. The van der Waals surface area contributed by atoms with Crippen LogP contribution in [0.2, 0.25) is 0 Å². The summed E-state index contributed by atoms with van der Waals surface area (Å²) in [6.07, 6.45) is 2.19. The van der Waals surface area contributed by atoms with Crippen LogP contribution in [0.3, 0.4) is 0 Å². The zero-order chi connectivity index (χ0) is 24.4. The molecule has 0 saturated carbocycles. The molecule has 0 bridgehead atoms. The molecule has 0 fully saturated rings. The first-order chi connectivity index (χ1) is 17.0. The summed E-state index contributed by atoms with van der Waals surface area (Å²) in [5, 5.41) is 7.28. The van der Waals surface area contributed by atoms with Crippen LogP contribution in [0, 0.1) is 6.92 Å². The monoisotopic (exact) mass is 475 g/mol. The van der Waals surface area contributed by atoms with Gasteiger partial charge in [-0.2, -0.15) is 5.10 Å². The number of rotatable bonds is 6. The number of aryl methyl sites for hydroxylation is 1. The van der Waals surface area contributed by atoms with E-state index in [-0.39, 0.29) is 24.4 Å². The van der Waals surface area contributed by atoms with E-state index in [1.165, 1.54) is 0 Å². The fraction of sp³-hybridized carbons (Fsp3) is 0.269. The standard InChI is InChI=1S/C26H25N3O6/c1-15-23-19(28-29-25(30)17-5-3-6-18(12-17)32-2)7-4-8-21(23)35-24(15)26(31)27-13-16-9-10-20-22(11-16)34-14-33-20/h3,5-6,9-12H,4,7-8,13-14H2,1-2H3,(H,27,31)(H,29,30)/b28-19+. The molecular formula is C26H25N3O6. The summed E-state index contributed by atoms with van der Waals surface area (Å²) < 4.78 is 21.8. The van der Waals surface area contributed by atoms with Crippen molar-refractivity contribution in [3.63, 3.8) is 0 Å². The lowest BCUT2D eigenvalue weighted by Gasteiger charge is -2.13. The third-order valence-electron chi connectivity index (χ3n) is 6.05. The van der Waals surface area contributed by atoms with Crippen LogP contribution in [0.15, 0.2) is 52.0 Å². The molecule has 2 aromatic carbocycles. The number of benzene rings is 2. The Bertz CT molecular complexity index is 1330. The Hall–Kier alpha value is -4.27. The Morgan fingerprint density at radius 1 is 1.06 bits per heavy atom. The number of hydrogen-bond acceptors (Lipinski definition) is 7. The lowest BCUT2D eigenvalue weighted by atomic mass is 9.93. The fourth-order valence-electron chi connectivity index (χ4n) is 4.26. The molecule has 0 saturated heterocycles. The molecule has 0 spiro atoms. The quantitative estimate of drug-likeness (QED) is 0.526. The normalized spacial score (nSPS) is 15.0. The van der Waals surface area contributed by atoms with Crippen LogP contribution in [0.4, 0.5) is 0 Å². The second-order valence-corrected chi connectivity index (χ2v) is 8.31. The maximum atomic E-state index is 12.9. The second-order valence-electron chi connectivity index (χ2n) is 8.31. The Balaban J connectivity index is 1.30. The van der Waals surface area contributed by atoms with E-state index in [9.17, 15) is 9.59 Å². The number of nitrogens with one attached hydrogen (secondary N) is 2. The number of ether oxygens (including phenoxy) is 3. The summed E-state index contributed by atoms with van der Waals surface area (Å²) in [6.45, 7) is 2.35. The molecular weight excluding hydrogens is 450 g/mol. The number of carbonyl (C=O) groups is 2. The zero-order valence-corrected chi connectivity index (χ0v) is 19.5. The molecule has 0 radical (unpaired) electrons. The fourth-order valence-corrected chi connectivity index (χ4v) is 4.26. The Kier molecular flexibility index (Phi) is 6.13. The zero-order valence-electron chi connectivity index (χ0n) is 19.5. The predicted molar refractivity (Wildman–Crippen MR) is 127 cm³/mol.